The van der Waals surface area contributed by atoms with Gasteiger partial charge in [-0.25, -0.2) is 17.6 Å². The molecule has 0 amide bonds. The molecule has 4 aromatic carbocycles. The van der Waals surface area contributed by atoms with E-state index in [9.17, 15) is 13.2 Å². The van der Waals surface area contributed by atoms with Crippen LogP contribution < -0.4 is 0 Å². The smallest absolute Gasteiger partial charge is 0.134 e. The molecule has 4 heteroatoms. The minimum absolute atomic E-state index is 0.0854. The molecule has 0 bridgehead atoms. The van der Waals surface area contributed by atoms with E-state index in [0.717, 1.165) is 22.9 Å². The van der Waals surface area contributed by atoms with Gasteiger partial charge in [-0.2, -0.15) is 0 Å². The number of hydrogen-bond donors (Lipinski definition) is 0. The van der Waals surface area contributed by atoms with Gasteiger partial charge in [-0.3, -0.25) is 0 Å². The Balaban J connectivity index is 1.44. The molecule has 0 unspecified atom stereocenters. The van der Waals surface area contributed by atoms with Crippen LogP contribution in [0.5, 0.6) is 0 Å². The molecule has 0 aliphatic heterocycles. The number of aryl methyl sites for hydroxylation is 4. The van der Waals surface area contributed by atoms with Gasteiger partial charge in [0.15, 0.2) is 0 Å². The Hall–Kier alpha value is -3.40. The van der Waals surface area contributed by atoms with Gasteiger partial charge in [0.05, 0.1) is 0 Å². The minimum Gasteiger partial charge on any atom is -0.207 e. The fourth-order valence-corrected chi connectivity index (χ4v) is 4.39. The highest BCUT2D eigenvalue weighted by Crippen LogP contribution is 2.25. The largest absolute Gasteiger partial charge is 0.207 e. The summed E-state index contributed by atoms with van der Waals surface area (Å²) in [4.78, 5) is 0. The van der Waals surface area contributed by atoms with Crippen LogP contribution in [-0.4, -0.2) is 0 Å². The van der Waals surface area contributed by atoms with E-state index in [1.54, 1.807) is 24.3 Å². The van der Waals surface area contributed by atoms with Crippen molar-refractivity contribution in [2.45, 2.75) is 45.4 Å². The topological polar surface area (TPSA) is 0 Å². The second-order valence-electron chi connectivity index (χ2n) is 8.87. The summed E-state index contributed by atoms with van der Waals surface area (Å²) in [7, 11) is 0. The molecule has 0 nitrogen and oxygen atoms in total. The molecule has 0 saturated carbocycles. The van der Waals surface area contributed by atoms with Crippen molar-refractivity contribution in [3.63, 3.8) is 0 Å². The van der Waals surface area contributed by atoms with Gasteiger partial charge in [-0.15, -0.1) is 0 Å². The molecule has 4 rings (SSSR count). The van der Waals surface area contributed by atoms with Crippen LogP contribution in [0, 0.1) is 23.3 Å². The molecule has 35 heavy (non-hydrogen) atoms. The van der Waals surface area contributed by atoms with Crippen LogP contribution in [0.4, 0.5) is 17.6 Å². The molecular formula is C31H28F4. The first-order valence-electron chi connectivity index (χ1n) is 12.0. The molecule has 0 atom stereocenters. The molecule has 180 valence electrons. The summed E-state index contributed by atoms with van der Waals surface area (Å²) in [6.45, 7) is 1.92. The Kier molecular flexibility index (Phi) is 8.02. The molecule has 0 fully saturated rings. The predicted octanol–water partition coefficient (Wildman–Crippen LogP) is 8.48. The van der Waals surface area contributed by atoms with Crippen molar-refractivity contribution < 1.29 is 17.6 Å². The third-order valence-corrected chi connectivity index (χ3v) is 6.39. The van der Waals surface area contributed by atoms with Gasteiger partial charge in [0, 0.05) is 10.9 Å². The molecule has 0 N–H and O–H groups in total. The Labute approximate surface area is 203 Å². The highest BCUT2D eigenvalue weighted by atomic mass is 19.1. The summed E-state index contributed by atoms with van der Waals surface area (Å²) in [6.07, 6.45) is 7.06. The van der Waals surface area contributed by atoms with Gasteiger partial charge in [-0.05, 0) is 97.4 Å². The zero-order valence-electron chi connectivity index (χ0n) is 19.8. The number of fused-ring (bicyclic) bond motifs is 1. The summed E-state index contributed by atoms with van der Waals surface area (Å²) in [6, 6.07) is 18.2. The van der Waals surface area contributed by atoms with Gasteiger partial charge in [-0.1, -0.05) is 54.6 Å². The third-order valence-electron chi connectivity index (χ3n) is 6.39. The summed E-state index contributed by atoms with van der Waals surface area (Å²) >= 11 is 0. The maximum atomic E-state index is 15.1. The van der Waals surface area contributed by atoms with Crippen molar-refractivity contribution >= 4 is 10.8 Å². The molecular weight excluding hydrogens is 448 g/mol. The Morgan fingerprint density at radius 3 is 2.03 bits per heavy atom. The minimum atomic E-state index is -0.516. The number of benzene rings is 4. The van der Waals surface area contributed by atoms with E-state index in [0.29, 0.717) is 42.2 Å². The van der Waals surface area contributed by atoms with E-state index in [-0.39, 0.29) is 23.6 Å². The lowest BCUT2D eigenvalue weighted by molar-refractivity contribution is 0.551. The maximum absolute atomic E-state index is 15.1. The summed E-state index contributed by atoms with van der Waals surface area (Å²) in [5, 5.41) is 1.28. The average molecular weight is 477 g/mol. The van der Waals surface area contributed by atoms with E-state index in [1.165, 1.54) is 24.3 Å². The second kappa shape index (κ2) is 11.4. The third kappa shape index (κ3) is 6.19. The fraction of sp³-hybridized carbons (Fsp3) is 0.226. The van der Waals surface area contributed by atoms with Crippen LogP contribution in [0.2, 0.25) is 0 Å². The lowest BCUT2D eigenvalue weighted by atomic mass is 9.96. The first-order valence-corrected chi connectivity index (χ1v) is 12.0. The maximum Gasteiger partial charge on any atom is 0.134 e. The summed E-state index contributed by atoms with van der Waals surface area (Å²) in [5.74, 6) is -1.58. The van der Waals surface area contributed by atoms with E-state index >= 15 is 4.39 Å². The SMILES string of the molecule is C/C=C/CCc1cc(F)c(CCc2ccc3c(F)c(CCc4ccc(F)cc4)ccc3c2)c(F)c1. The zero-order chi connectivity index (χ0) is 24.8. The van der Waals surface area contributed by atoms with E-state index < -0.39 is 11.6 Å². The second-order valence-corrected chi connectivity index (χ2v) is 8.87. The first kappa shape index (κ1) is 24.7. The van der Waals surface area contributed by atoms with Crippen LogP contribution in [0.3, 0.4) is 0 Å². The predicted molar refractivity (Wildman–Crippen MR) is 135 cm³/mol. The highest BCUT2D eigenvalue weighted by Gasteiger charge is 2.13. The van der Waals surface area contributed by atoms with Gasteiger partial charge >= 0.3 is 0 Å². The summed E-state index contributed by atoms with van der Waals surface area (Å²) < 4.78 is 57.3. The number of hydrogen-bond acceptors (Lipinski definition) is 0. The van der Waals surface area contributed by atoms with E-state index in [1.807, 2.05) is 37.3 Å². The quantitative estimate of drug-likeness (QED) is 0.168. The lowest BCUT2D eigenvalue weighted by Gasteiger charge is -2.10. The Morgan fingerprint density at radius 2 is 1.31 bits per heavy atom. The average Bonchev–Trinajstić information content (AvgIpc) is 2.84. The highest BCUT2D eigenvalue weighted by molar-refractivity contribution is 5.84. The van der Waals surface area contributed by atoms with Crippen LogP contribution >= 0.6 is 0 Å². The lowest BCUT2D eigenvalue weighted by Crippen LogP contribution is -2.01. The van der Waals surface area contributed by atoms with Gasteiger partial charge in [0.2, 0.25) is 0 Å². The molecule has 0 heterocycles. The number of halogens is 4. The number of allylic oxidation sites excluding steroid dienone is 2. The molecule has 0 radical (unpaired) electrons. The standard InChI is InChI=1S/C31H28F4/c1-2-3-4-5-23-19-29(33)28(30(34)20-23)17-10-22-9-16-27-25(18-22)13-12-24(31(27)35)11-6-21-7-14-26(32)15-8-21/h2-3,7-9,12-16,18-20H,4-6,10-11,17H2,1H3/b3-2+. The van der Waals surface area contributed by atoms with Gasteiger partial charge in [0.25, 0.3) is 0 Å². The molecule has 0 aliphatic carbocycles. The normalized spacial score (nSPS) is 11.6. The Morgan fingerprint density at radius 1 is 0.629 bits per heavy atom. The van der Waals surface area contributed by atoms with E-state index in [2.05, 4.69) is 0 Å². The van der Waals surface area contributed by atoms with Crippen molar-refractivity contribution in [2.75, 3.05) is 0 Å². The molecule has 4 aromatic rings. The van der Waals surface area contributed by atoms with Crippen LogP contribution in [0.15, 0.2) is 78.9 Å². The van der Waals surface area contributed by atoms with Gasteiger partial charge in [0.1, 0.15) is 23.3 Å². The Bertz CT molecular complexity index is 1310. The molecule has 0 spiro atoms. The monoisotopic (exact) mass is 476 g/mol. The van der Waals surface area contributed by atoms with Crippen molar-refractivity contribution in [3.8, 4) is 0 Å². The van der Waals surface area contributed by atoms with Crippen molar-refractivity contribution in [2.24, 2.45) is 0 Å². The zero-order valence-corrected chi connectivity index (χ0v) is 19.8. The van der Waals surface area contributed by atoms with Crippen LogP contribution in [-0.2, 0) is 32.1 Å². The first-order chi connectivity index (χ1) is 16.9. The molecule has 0 aliphatic rings. The van der Waals surface area contributed by atoms with Crippen LogP contribution in [0.1, 0.15) is 41.2 Å². The van der Waals surface area contributed by atoms with Gasteiger partial charge < -0.3 is 0 Å². The van der Waals surface area contributed by atoms with Crippen molar-refractivity contribution in [3.05, 3.63) is 130 Å². The number of rotatable bonds is 9. The van der Waals surface area contributed by atoms with Crippen LogP contribution in [0.25, 0.3) is 10.8 Å². The fourth-order valence-electron chi connectivity index (χ4n) is 4.39. The summed E-state index contributed by atoms with van der Waals surface area (Å²) in [5.41, 5.74) is 3.19. The van der Waals surface area contributed by atoms with Crippen molar-refractivity contribution in [1.82, 2.24) is 0 Å². The molecule has 0 aromatic heterocycles. The van der Waals surface area contributed by atoms with Crippen molar-refractivity contribution in [1.29, 1.82) is 0 Å². The molecule has 0 saturated heterocycles. The van der Waals surface area contributed by atoms with E-state index in [4.69, 9.17) is 0 Å².